The molecule has 1 N–H and O–H groups in total. The summed E-state index contributed by atoms with van der Waals surface area (Å²) >= 11 is 6.12. The van der Waals surface area contributed by atoms with Crippen molar-refractivity contribution >= 4 is 23.0 Å². The lowest BCUT2D eigenvalue weighted by molar-refractivity contribution is -0.384. The first kappa shape index (κ1) is 14.5. The van der Waals surface area contributed by atoms with Crippen molar-refractivity contribution in [2.75, 3.05) is 11.9 Å². The van der Waals surface area contributed by atoms with Crippen molar-refractivity contribution in [3.8, 4) is 0 Å². The van der Waals surface area contributed by atoms with Crippen molar-refractivity contribution in [3.63, 3.8) is 0 Å². The van der Waals surface area contributed by atoms with Crippen molar-refractivity contribution in [2.45, 2.75) is 18.6 Å². The summed E-state index contributed by atoms with van der Waals surface area (Å²) in [6, 6.07) is 12.6. The SMILES string of the molecule is O=[N+]([O-])c1ccc([C@@H]2Nc3ccc(Cl)cc3[C@H]3OCC[C@H]32)cc1. The molecule has 2 heterocycles. The number of halogens is 1. The van der Waals surface area contributed by atoms with E-state index in [1.807, 2.05) is 30.3 Å². The monoisotopic (exact) mass is 330 g/mol. The fourth-order valence-electron chi connectivity index (χ4n) is 3.58. The predicted octanol–water partition coefficient (Wildman–Crippen LogP) is 4.49. The molecule has 5 nitrogen and oxygen atoms in total. The van der Waals surface area contributed by atoms with E-state index in [2.05, 4.69) is 5.32 Å². The topological polar surface area (TPSA) is 64.4 Å². The molecule has 0 amide bonds. The van der Waals surface area contributed by atoms with Crippen LogP contribution in [0.2, 0.25) is 5.02 Å². The molecule has 0 bridgehead atoms. The molecule has 0 radical (unpaired) electrons. The highest BCUT2D eigenvalue weighted by molar-refractivity contribution is 6.30. The van der Waals surface area contributed by atoms with E-state index >= 15 is 0 Å². The molecule has 0 aromatic heterocycles. The third-order valence-electron chi connectivity index (χ3n) is 4.66. The van der Waals surface area contributed by atoms with Gasteiger partial charge in [-0.15, -0.1) is 0 Å². The quantitative estimate of drug-likeness (QED) is 0.650. The fourth-order valence-corrected chi connectivity index (χ4v) is 3.76. The number of benzene rings is 2. The van der Waals surface area contributed by atoms with Gasteiger partial charge in [0.1, 0.15) is 0 Å². The van der Waals surface area contributed by atoms with E-state index in [0.717, 1.165) is 23.2 Å². The maximum atomic E-state index is 10.8. The van der Waals surface area contributed by atoms with Crippen LogP contribution in [-0.4, -0.2) is 11.5 Å². The lowest BCUT2D eigenvalue weighted by Gasteiger charge is -2.36. The largest absolute Gasteiger partial charge is 0.378 e. The molecule has 2 aromatic carbocycles. The number of anilines is 1. The minimum Gasteiger partial charge on any atom is -0.378 e. The number of rotatable bonds is 2. The number of hydrogen-bond donors (Lipinski definition) is 1. The van der Waals surface area contributed by atoms with Crippen LogP contribution in [0, 0.1) is 16.0 Å². The Morgan fingerprint density at radius 2 is 2.00 bits per heavy atom. The Labute approximate surface area is 138 Å². The van der Waals surface area contributed by atoms with Crippen LogP contribution < -0.4 is 5.32 Å². The molecule has 6 heteroatoms. The maximum Gasteiger partial charge on any atom is 0.269 e. The third kappa shape index (κ3) is 2.46. The summed E-state index contributed by atoms with van der Waals surface area (Å²) in [7, 11) is 0. The lowest BCUT2D eigenvalue weighted by atomic mass is 9.81. The third-order valence-corrected chi connectivity index (χ3v) is 4.89. The minimum absolute atomic E-state index is 0.0186. The highest BCUT2D eigenvalue weighted by Gasteiger charge is 2.41. The van der Waals surface area contributed by atoms with E-state index in [4.69, 9.17) is 16.3 Å². The van der Waals surface area contributed by atoms with Gasteiger partial charge in [-0.25, -0.2) is 0 Å². The molecule has 2 aromatic rings. The van der Waals surface area contributed by atoms with Crippen LogP contribution in [0.5, 0.6) is 0 Å². The second kappa shape index (κ2) is 5.51. The number of nitrogens with zero attached hydrogens (tertiary/aromatic N) is 1. The van der Waals surface area contributed by atoms with Crippen LogP contribution in [0.25, 0.3) is 0 Å². The van der Waals surface area contributed by atoms with Crippen LogP contribution in [0.1, 0.15) is 29.7 Å². The molecule has 0 unspecified atom stereocenters. The van der Waals surface area contributed by atoms with E-state index < -0.39 is 0 Å². The Morgan fingerprint density at radius 1 is 1.22 bits per heavy atom. The van der Waals surface area contributed by atoms with E-state index in [1.54, 1.807) is 12.1 Å². The molecule has 3 atom stereocenters. The number of nitro benzene ring substituents is 1. The number of non-ortho nitro benzene ring substituents is 1. The molecule has 0 saturated carbocycles. The van der Waals surface area contributed by atoms with Crippen molar-refractivity contribution in [1.82, 2.24) is 0 Å². The smallest absolute Gasteiger partial charge is 0.269 e. The molecule has 1 saturated heterocycles. The number of fused-ring (bicyclic) bond motifs is 3. The van der Waals surface area contributed by atoms with Crippen LogP contribution >= 0.6 is 11.6 Å². The molecule has 0 spiro atoms. The number of nitrogens with one attached hydrogen (secondary N) is 1. The van der Waals surface area contributed by atoms with Crippen molar-refractivity contribution in [2.24, 2.45) is 5.92 Å². The lowest BCUT2D eigenvalue weighted by Crippen LogP contribution is -2.29. The predicted molar refractivity (Wildman–Crippen MR) is 87.7 cm³/mol. The Hall–Kier alpha value is -2.11. The average molecular weight is 331 g/mol. The molecule has 4 rings (SSSR count). The summed E-state index contributed by atoms with van der Waals surface area (Å²) in [6.07, 6.45) is 0.968. The van der Waals surface area contributed by atoms with Gasteiger partial charge in [0.15, 0.2) is 0 Å². The highest BCUT2D eigenvalue weighted by atomic mass is 35.5. The summed E-state index contributed by atoms with van der Waals surface area (Å²) in [4.78, 5) is 10.4. The van der Waals surface area contributed by atoms with Crippen LogP contribution in [0.15, 0.2) is 42.5 Å². The highest BCUT2D eigenvalue weighted by Crippen LogP contribution is 2.50. The molecular weight excluding hydrogens is 316 g/mol. The van der Waals surface area contributed by atoms with Crippen LogP contribution in [0.4, 0.5) is 11.4 Å². The van der Waals surface area contributed by atoms with Gasteiger partial charge in [0, 0.05) is 40.9 Å². The minimum atomic E-state index is -0.378. The molecule has 0 aliphatic carbocycles. The second-order valence-electron chi connectivity index (χ2n) is 5.95. The number of nitro groups is 1. The van der Waals surface area contributed by atoms with Gasteiger partial charge in [0.25, 0.3) is 5.69 Å². The van der Waals surface area contributed by atoms with E-state index in [9.17, 15) is 10.1 Å². The van der Waals surface area contributed by atoms with Gasteiger partial charge in [0.2, 0.25) is 0 Å². The summed E-state index contributed by atoms with van der Waals surface area (Å²) in [5, 5.41) is 15.1. The molecular formula is C17H15ClN2O3. The molecule has 2 aliphatic rings. The Balaban J connectivity index is 1.72. The van der Waals surface area contributed by atoms with Gasteiger partial charge < -0.3 is 10.1 Å². The van der Waals surface area contributed by atoms with Gasteiger partial charge in [0.05, 0.1) is 17.1 Å². The summed E-state index contributed by atoms with van der Waals surface area (Å²) in [5.41, 5.74) is 3.26. The molecule has 2 aliphatic heterocycles. The average Bonchev–Trinajstić information content (AvgIpc) is 3.04. The first-order valence-corrected chi connectivity index (χ1v) is 7.93. The first-order valence-electron chi connectivity index (χ1n) is 7.55. The second-order valence-corrected chi connectivity index (χ2v) is 6.38. The first-order chi connectivity index (χ1) is 11.1. The zero-order chi connectivity index (χ0) is 16.0. The Morgan fingerprint density at radius 3 is 2.74 bits per heavy atom. The van der Waals surface area contributed by atoms with E-state index in [-0.39, 0.29) is 22.8 Å². The van der Waals surface area contributed by atoms with Gasteiger partial charge in [-0.1, -0.05) is 23.7 Å². The van der Waals surface area contributed by atoms with E-state index in [0.29, 0.717) is 17.5 Å². The summed E-state index contributed by atoms with van der Waals surface area (Å²) in [5.74, 6) is 0.294. The standard InChI is InChI=1S/C17H15ClN2O3/c18-11-3-6-15-14(9-11)17-13(7-8-23-17)16(19-15)10-1-4-12(5-2-10)20(21)22/h1-6,9,13,16-17,19H,7-8H2/t13-,16-,17-/m0/s1. The fraction of sp³-hybridized carbons (Fsp3) is 0.294. The zero-order valence-corrected chi connectivity index (χ0v) is 13.0. The Bertz CT molecular complexity index is 763. The number of hydrogen-bond acceptors (Lipinski definition) is 4. The zero-order valence-electron chi connectivity index (χ0n) is 12.2. The summed E-state index contributed by atoms with van der Waals surface area (Å²) in [6.45, 7) is 0.715. The normalized spacial score (nSPS) is 25.3. The van der Waals surface area contributed by atoms with Crippen molar-refractivity contribution in [3.05, 3.63) is 68.7 Å². The molecule has 1 fully saturated rings. The summed E-state index contributed by atoms with van der Waals surface area (Å²) < 4.78 is 5.95. The van der Waals surface area contributed by atoms with Gasteiger partial charge >= 0.3 is 0 Å². The van der Waals surface area contributed by atoms with E-state index in [1.165, 1.54) is 0 Å². The maximum absolute atomic E-state index is 10.8. The van der Waals surface area contributed by atoms with Crippen molar-refractivity contribution < 1.29 is 9.66 Å². The number of ether oxygens (including phenoxy) is 1. The van der Waals surface area contributed by atoms with Crippen LogP contribution in [-0.2, 0) is 4.74 Å². The van der Waals surface area contributed by atoms with Crippen molar-refractivity contribution in [1.29, 1.82) is 0 Å². The van der Waals surface area contributed by atoms with Crippen LogP contribution in [0.3, 0.4) is 0 Å². The van der Waals surface area contributed by atoms with Gasteiger partial charge in [-0.2, -0.15) is 0 Å². The molecule has 118 valence electrons. The molecule has 23 heavy (non-hydrogen) atoms. The Kier molecular flexibility index (Phi) is 3.47. The van der Waals surface area contributed by atoms with Gasteiger partial charge in [-0.3, -0.25) is 10.1 Å². The van der Waals surface area contributed by atoms with Gasteiger partial charge in [-0.05, 0) is 30.2 Å².